The molecular weight excluding hydrogens is 480 g/mol. The lowest BCUT2D eigenvalue weighted by Crippen LogP contribution is -2.17. The first kappa shape index (κ1) is 23.7. The maximum Gasteiger partial charge on any atom is 0.256 e. The maximum absolute atomic E-state index is 12.4. The zero-order valence-corrected chi connectivity index (χ0v) is 20.7. The minimum atomic E-state index is -3.47. The lowest BCUT2D eigenvalue weighted by Gasteiger charge is -2.10. The van der Waals surface area contributed by atoms with Crippen LogP contribution in [0.3, 0.4) is 0 Å². The molecule has 1 fully saturated rings. The highest BCUT2D eigenvalue weighted by molar-refractivity contribution is 7.90. The van der Waals surface area contributed by atoms with Gasteiger partial charge in [0, 0.05) is 42.3 Å². The molecule has 0 bridgehead atoms. The highest BCUT2D eigenvalue weighted by Gasteiger charge is 2.37. The minimum Gasteiger partial charge on any atom is -0.378 e. The van der Waals surface area contributed by atoms with Gasteiger partial charge in [0.25, 0.3) is 10.0 Å². The average Bonchev–Trinajstić information content (AvgIpc) is 3.42. The Labute approximate surface area is 208 Å². The van der Waals surface area contributed by atoms with Crippen LogP contribution in [0.5, 0.6) is 0 Å². The van der Waals surface area contributed by atoms with Crippen molar-refractivity contribution in [2.24, 2.45) is 7.05 Å². The molecule has 1 aliphatic carbocycles. The van der Waals surface area contributed by atoms with Crippen molar-refractivity contribution >= 4 is 21.7 Å². The molecule has 4 aromatic rings. The Balaban J connectivity index is 1.44. The highest BCUT2D eigenvalue weighted by atomic mass is 32.2. The number of nitrogens with zero attached hydrogens (tertiary/aromatic N) is 7. The minimum absolute atomic E-state index is 0.325. The summed E-state index contributed by atoms with van der Waals surface area (Å²) in [5.41, 5.74) is 1.60. The Kier molecular flexibility index (Phi) is 5.82. The molecule has 0 atom stereocenters. The highest BCUT2D eigenvalue weighted by Crippen LogP contribution is 2.30. The van der Waals surface area contributed by atoms with E-state index in [1.165, 1.54) is 12.4 Å². The monoisotopic (exact) mass is 504 g/mol. The lowest BCUT2D eigenvalue weighted by atomic mass is 10.0. The van der Waals surface area contributed by atoms with Crippen molar-refractivity contribution in [3.05, 3.63) is 54.9 Å². The van der Waals surface area contributed by atoms with E-state index in [0.717, 1.165) is 15.2 Å². The van der Waals surface area contributed by atoms with E-state index in [2.05, 4.69) is 42.3 Å². The molecule has 0 aliphatic heterocycles. The molecule has 0 unspecified atom stereocenters. The summed E-state index contributed by atoms with van der Waals surface area (Å²) in [7, 11) is -1.64. The third-order valence-corrected chi connectivity index (χ3v) is 7.39. The number of nitrogens with one attached hydrogen (secondary N) is 1. The molecule has 0 amide bonds. The fourth-order valence-corrected chi connectivity index (χ4v) is 4.89. The van der Waals surface area contributed by atoms with Gasteiger partial charge in [0.15, 0.2) is 5.82 Å². The summed E-state index contributed by atoms with van der Waals surface area (Å²) in [5.74, 6) is 7.15. The second kappa shape index (κ2) is 8.85. The molecule has 1 saturated carbocycles. The van der Waals surface area contributed by atoms with Crippen LogP contribution in [0.1, 0.15) is 32.3 Å². The first-order valence-electron chi connectivity index (χ1n) is 11.2. The van der Waals surface area contributed by atoms with Gasteiger partial charge in [-0.2, -0.15) is 14.3 Å². The van der Waals surface area contributed by atoms with Gasteiger partial charge in [-0.15, -0.1) is 0 Å². The van der Waals surface area contributed by atoms with Gasteiger partial charge in [0.2, 0.25) is 0 Å². The summed E-state index contributed by atoms with van der Waals surface area (Å²) >= 11 is 0. The molecule has 11 nitrogen and oxygen atoms in total. The van der Waals surface area contributed by atoms with Crippen LogP contribution in [-0.4, -0.2) is 58.3 Å². The van der Waals surface area contributed by atoms with Gasteiger partial charge >= 0.3 is 0 Å². The lowest BCUT2D eigenvalue weighted by molar-refractivity contribution is 0.143. The SMILES string of the molecule is Cn1cc(-c2cnc(Nc3ccnc(-c4cnn(S(=O)(=O)C5CC5)c4)n3)cc2C#CC(C)(C)O)cn1. The Morgan fingerprint density at radius 1 is 1.08 bits per heavy atom. The number of pyridine rings is 1. The van der Waals surface area contributed by atoms with E-state index < -0.39 is 15.6 Å². The number of hydrogen-bond donors (Lipinski definition) is 2. The molecule has 4 aromatic heterocycles. The van der Waals surface area contributed by atoms with Crippen LogP contribution in [0.25, 0.3) is 22.5 Å². The van der Waals surface area contributed by atoms with E-state index in [0.29, 0.717) is 41.4 Å². The van der Waals surface area contributed by atoms with Crippen molar-refractivity contribution in [1.29, 1.82) is 0 Å². The van der Waals surface area contributed by atoms with Crippen LogP contribution < -0.4 is 5.32 Å². The summed E-state index contributed by atoms with van der Waals surface area (Å²) in [6, 6.07) is 3.44. The van der Waals surface area contributed by atoms with Crippen molar-refractivity contribution in [3.8, 4) is 34.4 Å². The number of rotatable bonds is 6. The molecule has 184 valence electrons. The van der Waals surface area contributed by atoms with Gasteiger partial charge in [-0.05, 0) is 38.8 Å². The molecule has 12 heteroatoms. The van der Waals surface area contributed by atoms with E-state index in [4.69, 9.17) is 0 Å². The van der Waals surface area contributed by atoms with Gasteiger partial charge in [0.1, 0.15) is 17.2 Å². The summed E-state index contributed by atoms with van der Waals surface area (Å²) in [6.45, 7) is 3.23. The van der Waals surface area contributed by atoms with E-state index in [9.17, 15) is 13.5 Å². The Morgan fingerprint density at radius 2 is 1.86 bits per heavy atom. The standard InChI is InChI=1S/C24H24N8O3S/c1-24(2,33)8-6-16-10-22(26-13-20(16)17-11-27-31(3)14-17)29-21-7-9-25-23(30-21)18-12-28-32(15-18)36(34,35)19-4-5-19/h7,9-15,19,33H,4-5H2,1-3H3,(H,25,26,29,30). The predicted molar refractivity (Wildman–Crippen MR) is 133 cm³/mol. The van der Waals surface area contributed by atoms with Crippen LogP contribution in [-0.2, 0) is 17.1 Å². The first-order chi connectivity index (χ1) is 17.1. The van der Waals surface area contributed by atoms with Crippen molar-refractivity contribution in [2.75, 3.05) is 5.32 Å². The molecule has 0 aromatic carbocycles. The Bertz CT molecular complexity index is 1600. The molecular formula is C24H24N8O3S. The second-order valence-electron chi connectivity index (χ2n) is 9.06. The molecule has 4 heterocycles. The fourth-order valence-electron chi connectivity index (χ4n) is 3.41. The molecule has 0 spiro atoms. The fraction of sp³-hybridized carbons (Fsp3) is 0.292. The van der Waals surface area contributed by atoms with Crippen LogP contribution in [0.15, 0.2) is 49.3 Å². The molecule has 1 aliphatic rings. The van der Waals surface area contributed by atoms with Gasteiger partial charge in [-0.1, -0.05) is 11.8 Å². The van der Waals surface area contributed by atoms with Crippen molar-refractivity contribution < 1.29 is 13.5 Å². The quantitative estimate of drug-likeness (QED) is 0.379. The van der Waals surface area contributed by atoms with Gasteiger partial charge < -0.3 is 10.4 Å². The molecule has 0 saturated heterocycles. The van der Waals surface area contributed by atoms with Gasteiger partial charge in [-0.25, -0.2) is 23.4 Å². The average molecular weight is 505 g/mol. The van der Waals surface area contributed by atoms with E-state index in [1.54, 1.807) is 49.3 Å². The second-order valence-corrected chi connectivity index (χ2v) is 11.1. The van der Waals surface area contributed by atoms with E-state index in [1.807, 2.05) is 13.2 Å². The van der Waals surface area contributed by atoms with Gasteiger partial charge in [-0.3, -0.25) is 4.68 Å². The zero-order chi connectivity index (χ0) is 25.5. The number of aromatic nitrogens is 7. The summed E-state index contributed by atoms with van der Waals surface area (Å²) < 4.78 is 27.6. The number of aryl methyl sites for hydroxylation is 1. The molecule has 5 rings (SSSR count). The van der Waals surface area contributed by atoms with Crippen LogP contribution in [0.4, 0.5) is 11.6 Å². The maximum atomic E-state index is 12.4. The number of hydrogen-bond acceptors (Lipinski definition) is 9. The molecule has 2 N–H and O–H groups in total. The molecule has 0 radical (unpaired) electrons. The van der Waals surface area contributed by atoms with Crippen molar-refractivity contribution in [1.82, 2.24) is 33.9 Å². The van der Waals surface area contributed by atoms with E-state index >= 15 is 0 Å². The first-order valence-corrected chi connectivity index (χ1v) is 12.7. The third kappa shape index (κ3) is 5.12. The van der Waals surface area contributed by atoms with Gasteiger partial charge in [0.05, 0.1) is 29.4 Å². The van der Waals surface area contributed by atoms with E-state index in [-0.39, 0.29) is 5.25 Å². The Morgan fingerprint density at radius 3 is 2.56 bits per heavy atom. The number of aliphatic hydroxyl groups is 1. The summed E-state index contributed by atoms with van der Waals surface area (Å²) in [6.07, 6.45) is 11.0. The zero-order valence-electron chi connectivity index (χ0n) is 19.9. The molecule has 36 heavy (non-hydrogen) atoms. The van der Waals surface area contributed by atoms with Crippen LogP contribution >= 0.6 is 0 Å². The Hall–Kier alpha value is -4.08. The predicted octanol–water partition coefficient (Wildman–Crippen LogP) is 2.34. The topological polar surface area (TPSA) is 141 Å². The van der Waals surface area contributed by atoms with Crippen LogP contribution in [0.2, 0.25) is 0 Å². The normalized spacial score (nSPS) is 13.8. The summed E-state index contributed by atoms with van der Waals surface area (Å²) in [4.78, 5) is 13.2. The van der Waals surface area contributed by atoms with Crippen LogP contribution in [0, 0.1) is 11.8 Å². The van der Waals surface area contributed by atoms with Crippen molar-refractivity contribution in [2.45, 2.75) is 37.5 Å². The third-order valence-electron chi connectivity index (χ3n) is 5.36. The van der Waals surface area contributed by atoms with Crippen molar-refractivity contribution in [3.63, 3.8) is 0 Å². The number of anilines is 2. The smallest absolute Gasteiger partial charge is 0.256 e. The summed E-state index contributed by atoms with van der Waals surface area (Å²) in [5, 5.41) is 21.1. The largest absolute Gasteiger partial charge is 0.378 e.